The molecule has 1 aromatic rings. The van der Waals surface area contributed by atoms with E-state index in [1.165, 1.54) is 18.1 Å². The van der Waals surface area contributed by atoms with Crippen molar-refractivity contribution in [1.82, 2.24) is 4.90 Å². The highest BCUT2D eigenvalue weighted by Crippen LogP contribution is 2.44. The number of rotatable bonds is 8. The average Bonchev–Trinajstić information content (AvgIpc) is 2.69. The maximum atomic E-state index is 12.6. The molecule has 0 radical (unpaired) electrons. The summed E-state index contributed by atoms with van der Waals surface area (Å²) in [6, 6.07) is 6.11. The number of hydrogen-bond acceptors (Lipinski definition) is 6. The summed E-state index contributed by atoms with van der Waals surface area (Å²) in [5, 5.41) is 11.6. The van der Waals surface area contributed by atoms with E-state index >= 15 is 0 Å². The number of benzene rings is 1. The lowest BCUT2D eigenvalue weighted by Crippen LogP contribution is -2.33. The fourth-order valence-electron chi connectivity index (χ4n) is 3.20. The third-order valence-electron chi connectivity index (χ3n) is 4.51. The normalized spacial score (nSPS) is 16.9. The highest BCUT2D eigenvalue weighted by Gasteiger charge is 2.40. The van der Waals surface area contributed by atoms with E-state index in [2.05, 4.69) is 0 Å². The van der Waals surface area contributed by atoms with E-state index < -0.39 is 16.8 Å². The standard InChI is InChI=1S/C19H21ClN2O6/c1-12-16(19(24)27-3)17(14-7-4-5-8-15(14)22(25)26)18(28-10-6-9-20)13(2)21(12)11-23/h4-5,7-8,11,17H,6,9-10H2,1-3H3. The topological polar surface area (TPSA) is 99.0 Å². The van der Waals surface area contributed by atoms with Gasteiger partial charge >= 0.3 is 5.97 Å². The number of allylic oxidation sites excluding steroid dienone is 3. The molecular weight excluding hydrogens is 388 g/mol. The Labute approximate surface area is 167 Å². The summed E-state index contributed by atoms with van der Waals surface area (Å²) in [6.45, 7) is 3.47. The van der Waals surface area contributed by atoms with Crippen LogP contribution in [-0.4, -0.2) is 41.8 Å². The van der Waals surface area contributed by atoms with Gasteiger partial charge in [0.25, 0.3) is 5.69 Å². The summed E-state index contributed by atoms with van der Waals surface area (Å²) in [7, 11) is 1.21. The van der Waals surface area contributed by atoms with Gasteiger partial charge < -0.3 is 9.47 Å². The van der Waals surface area contributed by atoms with Gasteiger partial charge in [-0.2, -0.15) is 0 Å². The van der Waals surface area contributed by atoms with Crippen molar-refractivity contribution in [2.75, 3.05) is 19.6 Å². The summed E-state index contributed by atoms with van der Waals surface area (Å²) in [4.78, 5) is 36.6. The van der Waals surface area contributed by atoms with E-state index in [1.54, 1.807) is 32.0 Å². The Hall–Kier alpha value is -2.87. The zero-order valence-corrected chi connectivity index (χ0v) is 16.6. The molecule has 0 aliphatic carbocycles. The number of carbonyl (C=O) groups excluding carboxylic acids is 2. The summed E-state index contributed by atoms with van der Waals surface area (Å²) in [5.41, 5.74) is 0.992. The molecule has 1 amide bonds. The Morgan fingerprint density at radius 1 is 1.32 bits per heavy atom. The van der Waals surface area contributed by atoms with Crippen LogP contribution in [0.1, 0.15) is 31.7 Å². The van der Waals surface area contributed by atoms with Crippen LogP contribution in [0.15, 0.2) is 47.0 Å². The lowest BCUT2D eigenvalue weighted by atomic mass is 9.83. The van der Waals surface area contributed by atoms with Crippen molar-refractivity contribution in [1.29, 1.82) is 0 Å². The predicted molar refractivity (Wildman–Crippen MR) is 102 cm³/mol. The van der Waals surface area contributed by atoms with Gasteiger partial charge in [0.2, 0.25) is 6.41 Å². The first kappa shape index (κ1) is 21.4. The van der Waals surface area contributed by atoms with Gasteiger partial charge in [-0.1, -0.05) is 18.2 Å². The van der Waals surface area contributed by atoms with Crippen LogP contribution >= 0.6 is 11.6 Å². The van der Waals surface area contributed by atoms with E-state index in [1.807, 2.05) is 0 Å². The van der Waals surface area contributed by atoms with Crippen LogP contribution in [-0.2, 0) is 19.1 Å². The van der Waals surface area contributed by atoms with E-state index in [4.69, 9.17) is 21.1 Å². The lowest BCUT2D eigenvalue weighted by Gasteiger charge is -2.34. The molecular formula is C19H21ClN2O6. The van der Waals surface area contributed by atoms with E-state index in [-0.39, 0.29) is 29.2 Å². The van der Waals surface area contributed by atoms with Crippen molar-refractivity contribution in [3.63, 3.8) is 0 Å². The number of alkyl halides is 1. The molecule has 1 aliphatic heterocycles. The Bertz CT molecular complexity index is 849. The summed E-state index contributed by atoms with van der Waals surface area (Å²) in [5.74, 6) is -0.949. The Balaban J connectivity index is 2.76. The fourth-order valence-corrected chi connectivity index (χ4v) is 3.31. The molecule has 150 valence electrons. The minimum Gasteiger partial charge on any atom is -0.495 e. The number of nitrogens with zero attached hydrogens (tertiary/aromatic N) is 2. The Morgan fingerprint density at radius 2 is 2.00 bits per heavy atom. The monoisotopic (exact) mass is 408 g/mol. The average molecular weight is 409 g/mol. The van der Waals surface area contributed by atoms with Crippen molar-refractivity contribution in [2.24, 2.45) is 0 Å². The zero-order valence-electron chi connectivity index (χ0n) is 15.8. The Kier molecular flexibility index (Phi) is 7.17. The van der Waals surface area contributed by atoms with Crippen LogP contribution in [0, 0.1) is 10.1 Å². The molecule has 28 heavy (non-hydrogen) atoms. The number of hydrogen-bond donors (Lipinski definition) is 0. The van der Waals surface area contributed by atoms with Gasteiger partial charge in [0.1, 0.15) is 5.76 Å². The van der Waals surface area contributed by atoms with Crippen LogP contribution in [0.5, 0.6) is 0 Å². The molecule has 0 saturated carbocycles. The fraction of sp³-hybridized carbons (Fsp3) is 0.368. The van der Waals surface area contributed by atoms with Gasteiger partial charge in [-0.15, -0.1) is 11.6 Å². The highest BCUT2D eigenvalue weighted by atomic mass is 35.5. The summed E-state index contributed by atoms with van der Waals surface area (Å²) < 4.78 is 10.8. The number of carbonyl (C=O) groups is 2. The molecule has 0 spiro atoms. The molecule has 0 saturated heterocycles. The number of para-hydroxylation sites is 1. The molecule has 1 atom stereocenters. The number of nitro groups is 1. The molecule has 0 N–H and O–H groups in total. The van der Waals surface area contributed by atoms with Gasteiger partial charge in [-0.05, 0) is 20.3 Å². The van der Waals surface area contributed by atoms with Crippen LogP contribution in [0.25, 0.3) is 0 Å². The SMILES string of the molecule is COC(=O)C1=C(C)N(C=O)C(C)=C(OCCCCl)C1c1ccccc1[N+](=O)[O-]. The van der Waals surface area contributed by atoms with Crippen LogP contribution in [0.3, 0.4) is 0 Å². The van der Waals surface area contributed by atoms with Gasteiger partial charge in [0, 0.05) is 23.2 Å². The number of halogens is 1. The van der Waals surface area contributed by atoms with Crippen molar-refractivity contribution >= 4 is 29.7 Å². The minimum absolute atomic E-state index is 0.107. The number of amides is 1. The van der Waals surface area contributed by atoms with Crippen LogP contribution in [0.4, 0.5) is 5.69 Å². The van der Waals surface area contributed by atoms with Gasteiger partial charge in [0.05, 0.1) is 35.8 Å². The van der Waals surface area contributed by atoms with Gasteiger partial charge in [-0.3, -0.25) is 19.8 Å². The first-order valence-corrected chi connectivity index (χ1v) is 9.08. The van der Waals surface area contributed by atoms with Gasteiger partial charge in [-0.25, -0.2) is 4.79 Å². The van der Waals surface area contributed by atoms with Gasteiger partial charge in [0.15, 0.2) is 0 Å². The van der Waals surface area contributed by atoms with Crippen molar-refractivity contribution in [3.8, 4) is 0 Å². The number of ether oxygens (including phenoxy) is 2. The van der Waals surface area contributed by atoms with Crippen molar-refractivity contribution < 1.29 is 24.0 Å². The maximum Gasteiger partial charge on any atom is 0.336 e. The second-order valence-corrected chi connectivity index (χ2v) is 6.43. The van der Waals surface area contributed by atoms with Crippen LogP contribution in [0.2, 0.25) is 0 Å². The Morgan fingerprint density at radius 3 is 2.57 bits per heavy atom. The number of methoxy groups -OCH3 is 1. The molecule has 0 fully saturated rings. The lowest BCUT2D eigenvalue weighted by molar-refractivity contribution is -0.385. The smallest absolute Gasteiger partial charge is 0.336 e. The second-order valence-electron chi connectivity index (χ2n) is 6.06. The summed E-state index contributed by atoms with van der Waals surface area (Å²) in [6.07, 6.45) is 1.09. The van der Waals surface area contributed by atoms with E-state index in [9.17, 15) is 19.7 Å². The molecule has 1 aliphatic rings. The maximum absolute atomic E-state index is 12.6. The third kappa shape index (κ3) is 4.01. The first-order valence-electron chi connectivity index (χ1n) is 8.55. The third-order valence-corrected chi connectivity index (χ3v) is 4.78. The minimum atomic E-state index is -0.888. The molecule has 1 aromatic carbocycles. The molecule has 0 aromatic heterocycles. The van der Waals surface area contributed by atoms with Crippen molar-refractivity contribution in [2.45, 2.75) is 26.2 Å². The molecule has 8 nitrogen and oxygen atoms in total. The first-order chi connectivity index (χ1) is 13.4. The summed E-state index contributed by atoms with van der Waals surface area (Å²) >= 11 is 5.72. The van der Waals surface area contributed by atoms with E-state index in [0.29, 0.717) is 30.1 Å². The number of esters is 1. The molecule has 9 heteroatoms. The molecule has 1 heterocycles. The van der Waals surface area contributed by atoms with Crippen LogP contribution < -0.4 is 0 Å². The zero-order chi connectivity index (χ0) is 20.8. The second kappa shape index (κ2) is 9.36. The predicted octanol–water partition coefficient (Wildman–Crippen LogP) is 3.47. The molecule has 1 unspecified atom stereocenters. The molecule has 0 bridgehead atoms. The van der Waals surface area contributed by atoms with E-state index in [0.717, 1.165) is 0 Å². The molecule has 2 rings (SSSR count). The largest absolute Gasteiger partial charge is 0.495 e. The quantitative estimate of drug-likeness (QED) is 0.163. The number of nitro benzene ring substituents is 1. The van der Waals surface area contributed by atoms with Crippen molar-refractivity contribution in [3.05, 3.63) is 62.7 Å². The highest BCUT2D eigenvalue weighted by molar-refractivity contribution is 6.17.